The maximum atomic E-state index is 13.1. The largest absolute Gasteiger partial charge is 0.497 e. The molecule has 2 aromatic carbocycles. The van der Waals surface area contributed by atoms with E-state index in [0.29, 0.717) is 19.4 Å². The highest BCUT2D eigenvalue weighted by Crippen LogP contribution is 2.34. The van der Waals surface area contributed by atoms with Crippen molar-refractivity contribution in [1.82, 2.24) is 4.90 Å². The molecule has 6 heteroatoms. The molecule has 0 aliphatic carbocycles. The van der Waals surface area contributed by atoms with Crippen molar-refractivity contribution >= 4 is 11.9 Å². The van der Waals surface area contributed by atoms with Crippen LogP contribution in [-0.4, -0.2) is 49.7 Å². The summed E-state index contributed by atoms with van der Waals surface area (Å²) in [7, 11) is 3.26. The highest BCUT2D eigenvalue weighted by atomic mass is 16.5. The molecular formula is C27H33NO5. The van der Waals surface area contributed by atoms with Crippen molar-refractivity contribution in [2.75, 3.05) is 20.8 Å². The van der Waals surface area contributed by atoms with Gasteiger partial charge in [-0.1, -0.05) is 43.7 Å². The Morgan fingerprint density at radius 2 is 1.52 bits per heavy atom. The van der Waals surface area contributed by atoms with Gasteiger partial charge < -0.3 is 19.1 Å². The average Bonchev–Trinajstić information content (AvgIpc) is 2.83. The Morgan fingerprint density at radius 3 is 1.94 bits per heavy atom. The number of likely N-dealkylation sites (tertiary alicyclic amines) is 1. The van der Waals surface area contributed by atoms with E-state index in [0.717, 1.165) is 35.5 Å². The van der Waals surface area contributed by atoms with Crippen molar-refractivity contribution in [3.63, 3.8) is 0 Å². The standard InChI is InChI=1S/C27H33NO5/c1-5-7-16-33-27(30)25-24(6-2)26(29)28(25)21(17-19-8-12-22(31-3)13-9-19)18-20-10-14-23(32-4)15-11-20/h6,8-15,21,24-25H,2,5,7,16-18H2,1,3-4H3. The number of carbonyl (C=O) groups excluding carboxylic acids is 2. The molecule has 0 spiro atoms. The molecule has 1 fully saturated rings. The molecule has 33 heavy (non-hydrogen) atoms. The summed E-state index contributed by atoms with van der Waals surface area (Å²) in [6, 6.07) is 14.7. The predicted molar refractivity (Wildman–Crippen MR) is 127 cm³/mol. The molecule has 0 aromatic heterocycles. The van der Waals surface area contributed by atoms with Crippen LogP contribution < -0.4 is 9.47 Å². The van der Waals surface area contributed by atoms with E-state index in [-0.39, 0.29) is 17.9 Å². The quantitative estimate of drug-likeness (QED) is 0.209. The summed E-state index contributed by atoms with van der Waals surface area (Å²) in [4.78, 5) is 27.7. The van der Waals surface area contributed by atoms with Crippen LogP contribution in [0, 0.1) is 5.92 Å². The molecular weight excluding hydrogens is 418 g/mol. The zero-order valence-corrected chi connectivity index (χ0v) is 19.7. The SMILES string of the molecule is C=CC1C(=O)N(C(Cc2ccc(OC)cc2)Cc2ccc(OC)cc2)C1C(=O)OCCCC. The van der Waals surface area contributed by atoms with Crippen LogP contribution in [0.3, 0.4) is 0 Å². The Morgan fingerprint density at radius 1 is 1.00 bits per heavy atom. The van der Waals surface area contributed by atoms with Crippen LogP contribution in [0.15, 0.2) is 61.2 Å². The second-order valence-electron chi connectivity index (χ2n) is 8.23. The molecule has 1 aliphatic rings. The molecule has 2 atom stereocenters. The minimum Gasteiger partial charge on any atom is -0.497 e. The number of methoxy groups -OCH3 is 2. The van der Waals surface area contributed by atoms with E-state index in [2.05, 4.69) is 6.58 Å². The second-order valence-corrected chi connectivity index (χ2v) is 8.23. The van der Waals surface area contributed by atoms with E-state index >= 15 is 0 Å². The van der Waals surface area contributed by atoms with Crippen molar-refractivity contribution < 1.29 is 23.8 Å². The Hall–Kier alpha value is -3.28. The molecule has 0 saturated carbocycles. The van der Waals surface area contributed by atoms with Crippen LogP contribution in [0.1, 0.15) is 30.9 Å². The molecule has 2 aromatic rings. The van der Waals surface area contributed by atoms with Crippen LogP contribution in [0.4, 0.5) is 0 Å². The molecule has 1 saturated heterocycles. The number of esters is 1. The molecule has 176 valence electrons. The number of unbranched alkanes of at least 4 members (excludes halogenated alkanes) is 1. The Bertz CT molecular complexity index is 888. The number of carbonyl (C=O) groups is 2. The van der Waals surface area contributed by atoms with Gasteiger partial charge in [0.05, 0.1) is 26.7 Å². The minimum atomic E-state index is -0.645. The lowest BCUT2D eigenvalue weighted by Crippen LogP contribution is -2.68. The fourth-order valence-electron chi connectivity index (χ4n) is 4.17. The van der Waals surface area contributed by atoms with Gasteiger partial charge in [0, 0.05) is 6.04 Å². The van der Waals surface area contributed by atoms with Crippen LogP contribution in [-0.2, 0) is 27.2 Å². The van der Waals surface area contributed by atoms with E-state index < -0.39 is 12.0 Å². The van der Waals surface area contributed by atoms with Crippen molar-refractivity contribution in [2.45, 2.75) is 44.7 Å². The van der Waals surface area contributed by atoms with E-state index in [1.807, 2.05) is 55.5 Å². The fourth-order valence-corrected chi connectivity index (χ4v) is 4.17. The van der Waals surface area contributed by atoms with Crippen molar-refractivity contribution in [2.24, 2.45) is 5.92 Å². The van der Waals surface area contributed by atoms with Gasteiger partial charge >= 0.3 is 5.97 Å². The summed E-state index contributed by atoms with van der Waals surface area (Å²) < 4.78 is 16.0. The lowest BCUT2D eigenvalue weighted by atomic mass is 9.83. The zero-order chi connectivity index (χ0) is 23.8. The summed E-state index contributed by atoms with van der Waals surface area (Å²) in [6.07, 6.45) is 4.49. The monoisotopic (exact) mass is 451 g/mol. The number of hydrogen-bond acceptors (Lipinski definition) is 5. The highest BCUT2D eigenvalue weighted by Gasteiger charge is 2.53. The molecule has 0 radical (unpaired) electrons. The number of rotatable bonds is 12. The number of hydrogen-bond donors (Lipinski definition) is 0. The maximum Gasteiger partial charge on any atom is 0.330 e. The maximum absolute atomic E-state index is 13.1. The first-order valence-electron chi connectivity index (χ1n) is 11.4. The smallest absolute Gasteiger partial charge is 0.330 e. The first-order valence-corrected chi connectivity index (χ1v) is 11.4. The highest BCUT2D eigenvalue weighted by molar-refractivity contribution is 5.98. The van der Waals surface area contributed by atoms with Crippen molar-refractivity contribution in [1.29, 1.82) is 0 Å². The number of β-lactam (4-membered cyclic amide) rings is 1. The topological polar surface area (TPSA) is 65.1 Å². The van der Waals surface area contributed by atoms with Crippen molar-refractivity contribution in [3.05, 3.63) is 72.3 Å². The molecule has 0 N–H and O–H groups in total. The Balaban J connectivity index is 1.86. The van der Waals surface area contributed by atoms with Gasteiger partial charge in [-0.05, 0) is 54.7 Å². The lowest BCUT2D eigenvalue weighted by Gasteiger charge is -2.48. The number of ether oxygens (including phenoxy) is 3. The molecule has 1 aliphatic heterocycles. The number of amides is 1. The van der Waals surface area contributed by atoms with E-state index in [1.54, 1.807) is 25.2 Å². The van der Waals surface area contributed by atoms with E-state index in [1.165, 1.54) is 0 Å². The summed E-state index contributed by atoms with van der Waals surface area (Å²) >= 11 is 0. The summed E-state index contributed by atoms with van der Waals surface area (Å²) in [5.41, 5.74) is 2.12. The summed E-state index contributed by atoms with van der Waals surface area (Å²) in [6.45, 7) is 6.18. The van der Waals surface area contributed by atoms with E-state index in [4.69, 9.17) is 14.2 Å². The zero-order valence-electron chi connectivity index (χ0n) is 19.7. The average molecular weight is 452 g/mol. The van der Waals surface area contributed by atoms with Gasteiger partial charge in [0.1, 0.15) is 17.5 Å². The Kier molecular flexibility index (Phi) is 8.52. The molecule has 3 rings (SSSR count). The van der Waals surface area contributed by atoms with Gasteiger partial charge in [0.15, 0.2) is 0 Å². The predicted octanol–water partition coefficient (Wildman–Crippen LogP) is 4.21. The number of nitrogens with zero attached hydrogens (tertiary/aromatic N) is 1. The fraction of sp³-hybridized carbons (Fsp3) is 0.407. The van der Waals surface area contributed by atoms with Gasteiger partial charge in [-0.25, -0.2) is 4.79 Å². The van der Waals surface area contributed by atoms with Crippen LogP contribution >= 0.6 is 0 Å². The molecule has 1 heterocycles. The number of benzene rings is 2. The molecule has 1 amide bonds. The third kappa shape index (κ3) is 5.75. The van der Waals surface area contributed by atoms with E-state index in [9.17, 15) is 9.59 Å². The first kappa shape index (κ1) is 24.4. The van der Waals surface area contributed by atoms with Gasteiger partial charge in [-0.2, -0.15) is 0 Å². The lowest BCUT2D eigenvalue weighted by molar-refractivity contribution is -0.175. The third-order valence-electron chi connectivity index (χ3n) is 6.07. The Labute approximate surface area is 196 Å². The van der Waals surface area contributed by atoms with Gasteiger partial charge in [-0.3, -0.25) is 4.79 Å². The van der Waals surface area contributed by atoms with Gasteiger partial charge in [0.25, 0.3) is 0 Å². The normalized spacial score (nSPS) is 17.5. The van der Waals surface area contributed by atoms with Crippen LogP contribution in [0.2, 0.25) is 0 Å². The summed E-state index contributed by atoms with van der Waals surface area (Å²) in [5, 5.41) is 0. The molecule has 2 unspecified atom stereocenters. The van der Waals surface area contributed by atoms with Gasteiger partial charge in [0.2, 0.25) is 5.91 Å². The van der Waals surface area contributed by atoms with Crippen LogP contribution in [0.5, 0.6) is 11.5 Å². The van der Waals surface area contributed by atoms with Gasteiger partial charge in [-0.15, -0.1) is 6.58 Å². The second kappa shape index (κ2) is 11.5. The molecule has 0 bridgehead atoms. The third-order valence-corrected chi connectivity index (χ3v) is 6.07. The minimum absolute atomic E-state index is 0.0885. The van der Waals surface area contributed by atoms with Crippen molar-refractivity contribution in [3.8, 4) is 11.5 Å². The summed E-state index contributed by atoms with van der Waals surface area (Å²) in [5.74, 6) is 0.550. The molecule has 6 nitrogen and oxygen atoms in total. The van der Waals surface area contributed by atoms with Crippen LogP contribution in [0.25, 0.3) is 0 Å². The first-order chi connectivity index (χ1) is 16.0.